The van der Waals surface area contributed by atoms with Crippen molar-refractivity contribution in [3.63, 3.8) is 0 Å². The molecule has 0 aliphatic heterocycles. The molecule has 5 heteroatoms. The number of nitriles is 1. The predicted octanol–water partition coefficient (Wildman–Crippen LogP) is 2.26. The average molecular weight is 218 g/mol. The summed E-state index contributed by atoms with van der Waals surface area (Å²) in [5.41, 5.74) is 0.0139. The number of aliphatic hydroxyl groups is 1. The Kier molecular flexibility index (Phi) is 2.99. The summed E-state index contributed by atoms with van der Waals surface area (Å²) in [6.07, 6.45) is -1.42. The molecule has 13 heavy (non-hydrogen) atoms. The van der Waals surface area contributed by atoms with E-state index < -0.39 is 6.10 Å². The summed E-state index contributed by atoms with van der Waals surface area (Å²) in [6, 6.07) is 4.17. The molecule has 0 amide bonds. The van der Waals surface area contributed by atoms with Crippen molar-refractivity contribution in [3.8, 4) is 11.8 Å². The number of hydrogen-bond acceptors (Lipinski definition) is 3. The van der Waals surface area contributed by atoms with Gasteiger partial charge in [-0.2, -0.15) is 5.26 Å². The zero-order chi connectivity index (χ0) is 10.0. The minimum atomic E-state index is -1.42. The maximum atomic E-state index is 9.32. The van der Waals surface area contributed by atoms with Crippen LogP contribution in [0.15, 0.2) is 12.1 Å². The molecule has 0 spiro atoms. The summed E-state index contributed by atoms with van der Waals surface area (Å²) >= 11 is 11.2. The zero-order valence-corrected chi connectivity index (χ0v) is 7.84. The summed E-state index contributed by atoms with van der Waals surface area (Å²) in [7, 11) is 0. The van der Waals surface area contributed by atoms with E-state index in [1.807, 2.05) is 0 Å². The van der Waals surface area contributed by atoms with E-state index in [2.05, 4.69) is 0 Å². The van der Waals surface area contributed by atoms with Crippen LogP contribution < -0.4 is 0 Å². The highest BCUT2D eigenvalue weighted by atomic mass is 35.5. The summed E-state index contributed by atoms with van der Waals surface area (Å²) in [5.74, 6) is -0.319. The molecule has 1 atom stereocenters. The SMILES string of the molecule is N#CC(O)c1cc(Cl)cc(Cl)c1O. The van der Waals surface area contributed by atoms with Crippen molar-refractivity contribution in [1.82, 2.24) is 0 Å². The Morgan fingerprint density at radius 3 is 2.54 bits per heavy atom. The second-order valence-electron chi connectivity index (χ2n) is 2.36. The van der Waals surface area contributed by atoms with Crippen LogP contribution in [-0.4, -0.2) is 10.2 Å². The highest BCUT2D eigenvalue weighted by Gasteiger charge is 2.14. The number of phenols is 1. The smallest absolute Gasteiger partial charge is 0.169 e. The molecule has 0 heterocycles. The van der Waals surface area contributed by atoms with E-state index in [9.17, 15) is 5.11 Å². The molecule has 0 saturated carbocycles. The van der Waals surface area contributed by atoms with Gasteiger partial charge in [-0.15, -0.1) is 0 Å². The van der Waals surface area contributed by atoms with Gasteiger partial charge >= 0.3 is 0 Å². The molecule has 0 aliphatic carbocycles. The number of aromatic hydroxyl groups is 1. The van der Waals surface area contributed by atoms with Crippen LogP contribution in [0.2, 0.25) is 10.0 Å². The molecule has 68 valence electrons. The van der Waals surface area contributed by atoms with Gasteiger partial charge in [0.05, 0.1) is 11.1 Å². The summed E-state index contributed by atoms with van der Waals surface area (Å²) in [6.45, 7) is 0. The fraction of sp³-hybridized carbons (Fsp3) is 0.125. The minimum Gasteiger partial charge on any atom is -0.506 e. The molecule has 0 fully saturated rings. The van der Waals surface area contributed by atoms with Crippen LogP contribution in [0.5, 0.6) is 5.75 Å². The first kappa shape index (κ1) is 10.1. The fourth-order valence-electron chi connectivity index (χ4n) is 0.864. The predicted molar refractivity (Wildman–Crippen MR) is 48.7 cm³/mol. The standard InChI is InChI=1S/C8H5Cl2NO2/c9-4-1-5(7(12)3-11)8(13)6(10)2-4/h1-2,7,12-13H. The Labute approximate surface area is 84.7 Å². The molecule has 0 radical (unpaired) electrons. The Balaban J connectivity index is 3.30. The average Bonchev–Trinajstić information content (AvgIpc) is 2.10. The highest BCUT2D eigenvalue weighted by molar-refractivity contribution is 6.35. The lowest BCUT2D eigenvalue weighted by molar-refractivity contribution is 0.231. The maximum Gasteiger partial charge on any atom is 0.169 e. The molecule has 1 unspecified atom stereocenters. The Bertz CT molecular complexity index is 373. The zero-order valence-electron chi connectivity index (χ0n) is 6.33. The van der Waals surface area contributed by atoms with E-state index in [1.165, 1.54) is 12.1 Å². The van der Waals surface area contributed by atoms with E-state index in [0.29, 0.717) is 0 Å². The van der Waals surface area contributed by atoms with Gasteiger partial charge in [0.1, 0.15) is 5.75 Å². The van der Waals surface area contributed by atoms with E-state index in [0.717, 1.165) is 0 Å². The van der Waals surface area contributed by atoms with Crippen LogP contribution in [0.4, 0.5) is 0 Å². The van der Waals surface area contributed by atoms with Gasteiger partial charge in [-0.1, -0.05) is 23.2 Å². The maximum absolute atomic E-state index is 9.32. The number of rotatable bonds is 1. The normalized spacial score (nSPS) is 12.2. The van der Waals surface area contributed by atoms with Gasteiger partial charge < -0.3 is 10.2 Å². The molecule has 1 aromatic carbocycles. The van der Waals surface area contributed by atoms with Gasteiger partial charge in [0, 0.05) is 10.6 Å². The number of hydrogen-bond donors (Lipinski definition) is 2. The Morgan fingerprint density at radius 1 is 1.38 bits per heavy atom. The van der Waals surface area contributed by atoms with Gasteiger partial charge in [-0.05, 0) is 12.1 Å². The van der Waals surface area contributed by atoms with E-state index in [1.54, 1.807) is 6.07 Å². The van der Waals surface area contributed by atoms with Crippen molar-refractivity contribution in [1.29, 1.82) is 5.26 Å². The van der Waals surface area contributed by atoms with Crippen molar-refractivity contribution < 1.29 is 10.2 Å². The molecule has 0 saturated heterocycles. The Morgan fingerprint density at radius 2 is 2.00 bits per heavy atom. The second kappa shape index (κ2) is 3.84. The van der Waals surface area contributed by atoms with E-state index >= 15 is 0 Å². The number of benzene rings is 1. The topological polar surface area (TPSA) is 64.2 Å². The molecular formula is C8H5Cl2NO2. The van der Waals surface area contributed by atoms with Crippen LogP contribution in [0.3, 0.4) is 0 Å². The monoisotopic (exact) mass is 217 g/mol. The van der Waals surface area contributed by atoms with Crippen molar-refractivity contribution in [2.45, 2.75) is 6.10 Å². The largest absolute Gasteiger partial charge is 0.506 e. The third-order valence-electron chi connectivity index (χ3n) is 1.47. The number of aliphatic hydroxyl groups excluding tert-OH is 1. The van der Waals surface area contributed by atoms with Gasteiger partial charge in [0.15, 0.2) is 6.10 Å². The first-order chi connectivity index (χ1) is 6.06. The quantitative estimate of drug-likeness (QED) is 0.710. The van der Waals surface area contributed by atoms with Gasteiger partial charge in [-0.3, -0.25) is 0 Å². The van der Waals surface area contributed by atoms with Crippen LogP contribution >= 0.6 is 23.2 Å². The lowest BCUT2D eigenvalue weighted by atomic mass is 10.1. The Hall–Kier alpha value is -0.950. The van der Waals surface area contributed by atoms with Crippen LogP contribution in [0.1, 0.15) is 11.7 Å². The molecule has 1 rings (SSSR count). The number of nitrogens with zero attached hydrogens (tertiary/aromatic N) is 1. The van der Waals surface area contributed by atoms with Gasteiger partial charge in [-0.25, -0.2) is 0 Å². The molecule has 3 nitrogen and oxygen atoms in total. The summed E-state index contributed by atoms with van der Waals surface area (Å²) in [4.78, 5) is 0. The fourth-order valence-corrected chi connectivity index (χ4v) is 1.37. The first-order valence-corrected chi connectivity index (χ1v) is 4.07. The highest BCUT2D eigenvalue weighted by Crippen LogP contribution is 2.34. The molecular weight excluding hydrogens is 213 g/mol. The minimum absolute atomic E-state index is 0.0109. The third-order valence-corrected chi connectivity index (χ3v) is 1.98. The van der Waals surface area contributed by atoms with E-state index in [4.69, 9.17) is 33.6 Å². The first-order valence-electron chi connectivity index (χ1n) is 3.32. The van der Waals surface area contributed by atoms with Gasteiger partial charge in [0.25, 0.3) is 0 Å². The van der Waals surface area contributed by atoms with Crippen LogP contribution in [0, 0.1) is 11.3 Å². The van der Waals surface area contributed by atoms with E-state index in [-0.39, 0.29) is 21.4 Å². The molecule has 1 aromatic rings. The lowest BCUT2D eigenvalue weighted by Crippen LogP contribution is -1.94. The van der Waals surface area contributed by atoms with Crippen molar-refractivity contribution in [2.24, 2.45) is 0 Å². The third kappa shape index (κ3) is 2.04. The number of halogens is 2. The van der Waals surface area contributed by atoms with Crippen LogP contribution in [0.25, 0.3) is 0 Å². The molecule has 2 N–H and O–H groups in total. The molecule has 0 aromatic heterocycles. The summed E-state index contributed by atoms with van der Waals surface area (Å²) in [5, 5.41) is 27.1. The number of phenolic OH excluding ortho intramolecular Hbond substituents is 1. The van der Waals surface area contributed by atoms with Crippen molar-refractivity contribution in [2.75, 3.05) is 0 Å². The second-order valence-corrected chi connectivity index (χ2v) is 3.20. The molecule has 0 bridgehead atoms. The lowest BCUT2D eigenvalue weighted by Gasteiger charge is -2.07. The van der Waals surface area contributed by atoms with Crippen molar-refractivity contribution >= 4 is 23.2 Å². The van der Waals surface area contributed by atoms with Crippen molar-refractivity contribution in [3.05, 3.63) is 27.7 Å². The molecule has 0 aliphatic rings. The van der Waals surface area contributed by atoms with Crippen LogP contribution in [-0.2, 0) is 0 Å². The van der Waals surface area contributed by atoms with Gasteiger partial charge in [0.2, 0.25) is 0 Å². The summed E-state index contributed by atoms with van der Waals surface area (Å²) < 4.78 is 0.